The van der Waals surface area contributed by atoms with Crippen molar-refractivity contribution in [1.82, 2.24) is 4.98 Å². The van der Waals surface area contributed by atoms with E-state index in [-0.39, 0.29) is 24.5 Å². The first-order valence-corrected chi connectivity index (χ1v) is 12.2. The molecule has 0 saturated carbocycles. The van der Waals surface area contributed by atoms with E-state index in [1.165, 1.54) is 23.1 Å². The van der Waals surface area contributed by atoms with Crippen LogP contribution in [0.3, 0.4) is 0 Å². The number of benzene rings is 3. The fourth-order valence-electron chi connectivity index (χ4n) is 3.34. The normalized spacial score (nSPS) is 11.9. The lowest BCUT2D eigenvalue weighted by Crippen LogP contribution is -2.19. The molecule has 8 nitrogen and oxygen atoms in total. The zero-order valence-electron chi connectivity index (χ0n) is 18.1. The molecule has 3 amide bonds. The zero-order chi connectivity index (χ0) is 23.5. The second kappa shape index (κ2) is 9.62. The number of thioether (sulfide) groups is 1. The molecule has 1 aromatic heterocycles. The second-order valence-electron chi connectivity index (χ2n) is 7.46. The molecular weight excluding hydrogens is 472 g/mol. The topological polar surface area (TPSA) is 102 Å². The molecular formula is C24H20N4O4S2. The summed E-state index contributed by atoms with van der Waals surface area (Å²) in [5.74, 6) is 1.43. The number of anilines is 3. The van der Waals surface area contributed by atoms with Crippen LogP contribution in [-0.4, -0.2) is 29.5 Å². The number of thiazole rings is 1. The maximum Gasteiger partial charge on any atom is 0.323 e. The molecule has 172 valence electrons. The van der Waals surface area contributed by atoms with Crippen LogP contribution in [0.25, 0.3) is 10.2 Å². The summed E-state index contributed by atoms with van der Waals surface area (Å²) in [6.45, 7) is 2.13. The molecule has 5 rings (SSSR count). The van der Waals surface area contributed by atoms with Crippen molar-refractivity contribution in [3.8, 4) is 11.5 Å². The number of nitrogens with one attached hydrogen (secondary N) is 3. The van der Waals surface area contributed by atoms with Gasteiger partial charge in [0.2, 0.25) is 12.7 Å². The van der Waals surface area contributed by atoms with E-state index in [0.29, 0.717) is 22.9 Å². The van der Waals surface area contributed by atoms with Gasteiger partial charge in [0.15, 0.2) is 15.8 Å². The average Bonchev–Trinajstić information content (AvgIpc) is 3.45. The predicted molar refractivity (Wildman–Crippen MR) is 135 cm³/mol. The van der Waals surface area contributed by atoms with Gasteiger partial charge in [-0.2, -0.15) is 0 Å². The Kier molecular flexibility index (Phi) is 6.24. The summed E-state index contributed by atoms with van der Waals surface area (Å²) in [6, 6.07) is 18.0. The molecule has 0 radical (unpaired) electrons. The van der Waals surface area contributed by atoms with Crippen LogP contribution < -0.4 is 25.4 Å². The smallest absolute Gasteiger partial charge is 0.323 e. The standard InChI is InChI=1S/C24H20N4O4S2/c1-14-4-2-3-5-17(14)27-22(29)12-33-24-28-18-8-6-16(11-21(18)34-24)26-23(30)25-15-7-9-19-20(10-15)32-13-31-19/h2-11H,12-13H2,1H3,(H,27,29)(H2,25,26,30). The Balaban J connectivity index is 1.18. The highest BCUT2D eigenvalue weighted by atomic mass is 32.2. The van der Waals surface area contributed by atoms with Crippen molar-refractivity contribution < 1.29 is 19.1 Å². The van der Waals surface area contributed by atoms with Gasteiger partial charge in [0.05, 0.1) is 16.0 Å². The van der Waals surface area contributed by atoms with Crippen LogP contribution in [0.1, 0.15) is 5.56 Å². The molecule has 0 bridgehead atoms. The number of para-hydroxylation sites is 1. The van der Waals surface area contributed by atoms with Crippen LogP contribution in [0.2, 0.25) is 0 Å². The Morgan fingerprint density at radius 2 is 1.74 bits per heavy atom. The number of carbonyl (C=O) groups excluding carboxylic acids is 2. The van der Waals surface area contributed by atoms with E-state index in [4.69, 9.17) is 9.47 Å². The van der Waals surface area contributed by atoms with E-state index < -0.39 is 0 Å². The third kappa shape index (κ3) is 5.08. The van der Waals surface area contributed by atoms with Crippen LogP contribution in [0.15, 0.2) is 65.0 Å². The van der Waals surface area contributed by atoms with Crippen molar-refractivity contribution >= 4 is 62.3 Å². The van der Waals surface area contributed by atoms with Crippen molar-refractivity contribution in [1.29, 1.82) is 0 Å². The number of amides is 3. The lowest BCUT2D eigenvalue weighted by molar-refractivity contribution is -0.113. The maximum absolute atomic E-state index is 12.4. The molecule has 4 aromatic rings. The van der Waals surface area contributed by atoms with Crippen LogP contribution >= 0.6 is 23.1 Å². The van der Waals surface area contributed by atoms with Gasteiger partial charge in [0.1, 0.15) is 0 Å². The number of carbonyl (C=O) groups is 2. The molecule has 10 heteroatoms. The lowest BCUT2D eigenvalue weighted by Gasteiger charge is -2.08. The van der Waals surface area contributed by atoms with Gasteiger partial charge in [-0.3, -0.25) is 4.79 Å². The molecule has 0 aliphatic carbocycles. The average molecular weight is 493 g/mol. The number of hydrogen-bond acceptors (Lipinski definition) is 7. The van der Waals surface area contributed by atoms with Crippen LogP contribution in [0, 0.1) is 6.92 Å². The van der Waals surface area contributed by atoms with Crippen LogP contribution in [-0.2, 0) is 4.79 Å². The molecule has 1 aliphatic heterocycles. The summed E-state index contributed by atoms with van der Waals surface area (Å²) in [5.41, 5.74) is 3.88. The van der Waals surface area contributed by atoms with Gasteiger partial charge >= 0.3 is 6.03 Å². The molecule has 1 aliphatic rings. The Morgan fingerprint density at radius 3 is 2.59 bits per heavy atom. The highest BCUT2D eigenvalue weighted by Gasteiger charge is 2.15. The number of hydrogen-bond donors (Lipinski definition) is 3. The second-order valence-corrected chi connectivity index (χ2v) is 9.71. The van der Waals surface area contributed by atoms with Gasteiger partial charge in [-0.1, -0.05) is 30.0 Å². The first kappa shape index (κ1) is 22.1. The van der Waals surface area contributed by atoms with Gasteiger partial charge in [-0.05, 0) is 48.9 Å². The minimum absolute atomic E-state index is 0.0823. The molecule has 2 heterocycles. The van der Waals surface area contributed by atoms with Crippen molar-refractivity contribution in [2.24, 2.45) is 0 Å². The zero-order valence-corrected chi connectivity index (χ0v) is 19.7. The fraction of sp³-hybridized carbons (Fsp3) is 0.125. The first-order chi connectivity index (χ1) is 16.5. The first-order valence-electron chi connectivity index (χ1n) is 10.4. The van der Waals surface area contributed by atoms with E-state index in [2.05, 4.69) is 20.9 Å². The predicted octanol–water partition coefficient (Wildman–Crippen LogP) is 5.71. The summed E-state index contributed by atoms with van der Waals surface area (Å²) in [7, 11) is 0. The number of urea groups is 1. The number of aryl methyl sites for hydroxylation is 1. The fourth-order valence-corrected chi connectivity index (χ4v) is 5.25. The molecule has 0 saturated heterocycles. The van der Waals surface area contributed by atoms with Gasteiger partial charge in [0.25, 0.3) is 0 Å². The van der Waals surface area contributed by atoms with Crippen molar-refractivity contribution in [2.75, 3.05) is 28.5 Å². The largest absolute Gasteiger partial charge is 0.454 e. The van der Waals surface area contributed by atoms with E-state index in [1.54, 1.807) is 24.3 Å². The quantitative estimate of drug-likeness (QED) is 0.298. The third-order valence-corrected chi connectivity index (χ3v) is 7.16. The number of ether oxygens (including phenoxy) is 2. The SMILES string of the molecule is Cc1ccccc1NC(=O)CSc1nc2ccc(NC(=O)Nc3ccc4c(c3)OCO4)cc2s1. The van der Waals surface area contributed by atoms with Gasteiger partial charge in [-0.15, -0.1) is 11.3 Å². The summed E-state index contributed by atoms with van der Waals surface area (Å²) in [4.78, 5) is 29.3. The van der Waals surface area contributed by atoms with Gasteiger partial charge in [0, 0.05) is 23.1 Å². The number of rotatable bonds is 6. The van der Waals surface area contributed by atoms with Crippen molar-refractivity contribution in [3.63, 3.8) is 0 Å². The van der Waals surface area contributed by atoms with Crippen LogP contribution in [0.4, 0.5) is 21.9 Å². The lowest BCUT2D eigenvalue weighted by atomic mass is 10.2. The Bertz CT molecular complexity index is 1390. The summed E-state index contributed by atoms with van der Waals surface area (Å²) < 4.78 is 12.3. The molecule has 0 atom stereocenters. The maximum atomic E-state index is 12.4. The monoisotopic (exact) mass is 492 g/mol. The molecule has 34 heavy (non-hydrogen) atoms. The van der Waals surface area contributed by atoms with Crippen molar-refractivity contribution in [2.45, 2.75) is 11.3 Å². The van der Waals surface area contributed by atoms with E-state index in [1.807, 2.05) is 43.3 Å². The highest BCUT2D eigenvalue weighted by molar-refractivity contribution is 8.01. The summed E-state index contributed by atoms with van der Waals surface area (Å²) >= 11 is 2.86. The minimum Gasteiger partial charge on any atom is -0.454 e. The molecule has 3 aromatic carbocycles. The summed E-state index contributed by atoms with van der Waals surface area (Å²) in [5, 5.41) is 8.54. The molecule has 0 unspecified atom stereocenters. The van der Waals surface area contributed by atoms with E-state index >= 15 is 0 Å². The number of fused-ring (bicyclic) bond motifs is 2. The van der Waals surface area contributed by atoms with Gasteiger partial charge < -0.3 is 25.4 Å². The van der Waals surface area contributed by atoms with E-state index in [9.17, 15) is 9.59 Å². The number of nitrogens with zero attached hydrogens (tertiary/aromatic N) is 1. The summed E-state index contributed by atoms with van der Waals surface area (Å²) in [6.07, 6.45) is 0. The Morgan fingerprint density at radius 1 is 0.971 bits per heavy atom. The molecule has 0 fully saturated rings. The molecule has 0 spiro atoms. The van der Waals surface area contributed by atoms with Gasteiger partial charge in [-0.25, -0.2) is 9.78 Å². The van der Waals surface area contributed by atoms with E-state index in [0.717, 1.165) is 25.8 Å². The Hall–Kier alpha value is -3.76. The molecule has 3 N–H and O–H groups in total. The van der Waals surface area contributed by atoms with Crippen molar-refractivity contribution in [3.05, 3.63) is 66.2 Å². The third-order valence-electron chi connectivity index (χ3n) is 5.00. The van der Waals surface area contributed by atoms with Crippen LogP contribution in [0.5, 0.6) is 11.5 Å². The number of aromatic nitrogens is 1. The highest BCUT2D eigenvalue weighted by Crippen LogP contribution is 2.34. The Labute approximate surface area is 203 Å². The minimum atomic E-state index is -0.370.